The van der Waals surface area contributed by atoms with Crippen molar-refractivity contribution in [2.45, 2.75) is 19.9 Å². The maximum atomic E-state index is 5.42. The molecule has 0 spiro atoms. The van der Waals surface area contributed by atoms with E-state index in [0.717, 1.165) is 42.3 Å². The molecule has 2 aromatic rings. The van der Waals surface area contributed by atoms with Gasteiger partial charge in [0.2, 0.25) is 0 Å². The zero-order valence-electron chi connectivity index (χ0n) is 13.1. The van der Waals surface area contributed by atoms with Crippen LogP contribution in [0.15, 0.2) is 24.4 Å². The molecule has 1 aromatic carbocycles. The Labute approximate surface area is 125 Å². The second-order valence-corrected chi connectivity index (χ2v) is 4.88. The molecule has 0 saturated heterocycles. The summed E-state index contributed by atoms with van der Waals surface area (Å²) in [6.45, 7) is 3.93. The largest absolute Gasteiger partial charge is 0.493 e. The summed E-state index contributed by atoms with van der Waals surface area (Å²) in [6, 6.07) is 6.05. The van der Waals surface area contributed by atoms with E-state index in [0.29, 0.717) is 0 Å². The number of nitrogens with one attached hydrogen (secondary N) is 1. The minimum atomic E-state index is 0.730. The summed E-state index contributed by atoms with van der Waals surface area (Å²) in [5, 5.41) is 7.69. The molecular weight excluding hydrogens is 266 g/mol. The molecule has 0 bridgehead atoms. The number of methoxy groups -OCH3 is 2. The summed E-state index contributed by atoms with van der Waals surface area (Å²) in [5.41, 5.74) is 3.34. The Morgan fingerprint density at radius 2 is 1.90 bits per heavy atom. The summed E-state index contributed by atoms with van der Waals surface area (Å²) in [7, 11) is 5.25. The fraction of sp³-hybridized carbons (Fsp3) is 0.438. The van der Waals surface area contributed by atoms with Crippen molar-refractivity contribution in [1.82, 2.24) is 15.1 Å². The van der Waals surface area contributed by atoms with Gasteiger partial charge in [0, 0.05) is 25.4 Å². The maximum absolute atomic E-state index is 5.42. The van der Waals surface area contributed by atoms with Crippen molar-refractivity contribution >= 4 is 0 Å². The second kappa shape index (κ2) is 7.13. The Hall–Kier alpha value is -2.01. The van der Waals surface area contributed by atoms with E-state index in [2.05, 4.69) is 17.3 Å². The van der Waals surface area contributed by atoms with E-state index in [1.165, 1.54) is 5.56 Å². The van der Waals surface area contributed by atoms with Crippen LogP contribution < -0.4 is 14.8 Å². The van der Waals surface area contributed by atoms with Gasteiger partial charge in [-0.1, -0.05) is 6.92 Å². The van der Waals surface area contributed by atoms with Gasteiger partial charge in [0.15, 0.2) is 11.5 Å². The summed E-state index contributed by atoms with van der Waals surface area (Å²) in [4.78, 5) is 0. The predicted molar refractivity (Wildman–Crippen MR) is 83.7 cm³/mol. The van der Waals surface area contributed by atoms with Crippen molar-refractivity contribution < 1.29 is 9.47 Å². The highest BCUT2D eigenvalue weighted by Gasteiger charge is 2.14. The fourth-order valence-electron chi connectivity index (χ4n) is 2.34. The summed E-state index contributed by atoms with van der Waals surface area (Å²) < 4.78 is 12.7. The summed E-state index contributed by atoms with van der Waals surface area (Å²) in [6.07, 6.45) is 2.91. The van der Waals surface area contributed by atoms with Gasteiger partial charge in [0.05, 0.1) is 19.9 Å². The monoisotopic (exact) mass is 289 g/mol. The zero-order valence-corrected chi connectivity index (χ0v) is 13.1. The molecule has 0 saturated carbocycles. The highest BCUT2D eigenvalue weighted by Crippen LogP contribution is 2.35. The summed E-state index contributed by atoms with van der Waals surface area (Å²) >= 11 is 0. The number of aromatic nitrogens is 2. The van der Waals surface area contributed by atoms with Gasteiger partial charge in [0.25, 0.3) is 0 Å². The van der Waals surface area contributed by atoms with Gasteiger partial charge in [-0.25, -0.2) is 0 Å². The van der Waals surface area contributed by atoms with Crippen LogP contribution in [0.5, 0.6) is 11.5 Å². The van der Waals surface area contributed by atoms with Crippen molar-refractivity contribution in [1.29, 1.82) is 0 Å². The minimum absolute atomic E-state index is 0.730. The van der Waals surface area contributed by atoms with Gasteiger partial charge >= 0.3 is 0 Å². The molecule has 0 atom stereocenters. The Balaban J connectivity index is 2.46. The first-order valence-corrected chi connectivity index (χ1v) is 7.15. The lowest BCUT2D eigenvalue weighted by Gasteiger charge is -2.15. The van der Waals surface area contributed by atoms with Crippen LogP contribution in [0.2, 0.25) is 0 Å². The van der Waals surface area contributed by atoms with Crippen LogP contribution in [0.1, 0.15) is 18.9 Å². The number of aryl methyl sites for hydroxylation is 1. The number of benzene rings is 1. The van der Waals surface area contributed by atoms with Crippen molar-refractivity contribution in [2.75, 3.05) is 20.8 Å². The molecule has 0 aliphatic rings. The number of hydrogen-bond acceptors (Lipinski definition) is 4. The first-order chi connectivity index (χ1) is 10.2. The maximum Gasteiger partial charge on any atom is 0.161 e. The highest BCUT2D eigenvalue weighted by atomic mass is 16.5. The first-order valence-electron chi connectivity index (χ1n) is 7.15. The van der Waals surface area contributed by atoms with Crippen molar-refractivity contribution in [3.05, 3.63) is 30.0 Å². The molecule has 1 aromatic heterocycles. The molecule has 5 nitrogen and oxygen atoms in total. The van der Waals surface area contributed by atoms with Crippen LogP contribution in [0.4, 0.5) is 0 Å². The lowest BCUT2D eigenvalue weighted by atomic mass is 10.0. The molecule has 0 aliphatic heterocycles. The molecule has 5 heteroatoms. The van der Waals surface area contributed by atoms with Crippen molar-refractivity contribution in [3.63, 3.8) is 0 Å². The standard InChI is InChI=1S/C16H23N3O2/c1-5-7-17-11-12-9-15(20-3)16(21-4)10-13(12)14-6-8-18-19(14)2/h6,8-10,17H,5,7,11H2,1-4H3. The Morgan fingerprint density at radius 3 is 2.48 bits per heavy atom. The van der Waals surface area contributed by atoms with Crippen molar-refractivity contribution in [3.8, 4) is 22.8 Å². The quantitative estimate of drug-likeness (QED) is 0.796. The van der Waals surface area contributed by atoms with E-state index in [4.69, 9.17) is 9.47 Å². The van der Waals surface area contributed by atoms with Crippen LogP contribution in [-0.4, -0.2) is 30.5 Å². The van der Waals surface area contributed by atoms with E-state index in [9.17, 15) is 0 Å². The van der Waals surface area contributed by atoms with E-state index in [1.807, 2.05) is 29.9 Å². The van der Waals surface area contributed by atoms with E-state index >= 15 is 0 Å². The van der Waals surface area contributed by atoms with Gasteiger partial charge in [-0.15, -0.1) is 0 Å². The molecule has 1 N–H and O–H groups in total. The van der Waals surface area contributed by atoms with E-state index in [-0.39, 0.29) is 0 Å². The normalized spacial score (nSPS) is 10.7. The van der Waals surface area contributed by atoms with Gasteiger partial charge in [-0.3, -0.25) is 4.68 Å². The second-order valence-electron chi connectivity index (χ2n) is 4.88. The molecule has 0 amide bonds. The third-order valence-electron chi connectivity index (χ3n) is 3.45. The molecule has 0 fully saturated rings. The fourth-order valence-corrected chi connectivity index (χ4v) is 2.34. The molecule has 2 rings (SSSR count). The average molecular weight is 289 g/mol. The first kappa shape index (κ1) is 15.4. The Bertz CT molecular complexity index is 593. The molecule has 0 radical (unpaired) electrons. The molecule has 21 heavy (non-hydrogen) atoms. The minimum Gasteiger partial charge on any atom is -0.493 e. The average Bonchev–Trinajstić information content (AvgIpc) is 2.93. The smallest absolute Gasteiger partial charge is 0.161 e. The van der Waals surface area contributed by atoms with Gasteiger partial charge < -0.3 is 14.8 Å². The predicted octanol–water partition coefficient (Wildman–Crippen LogP) is 2.60. The van der Waals surface area contributed by atoms with Crippen LogP contribution in [0.25, 0.3) is 11.3 Å². The van der Waals surface area contributed by atoms with Crippen LogP contribution in [0, 0.1) is 0 Å². The lowest BCUT2D eigenvalue weighted by Crippen LogP contribution is -2.15. The van der Waals surface area contributed by atoms with Gasteiger partial charge in [-0.2, -0.15) is 5.10 Å². The van der Waals surface area contributed by atoms with Crippen LogP contribution in [0.3, 0.4) is 0 Å². The highest BCUT2D eigenvalue weighted by molar-refractivity contribution is 5.68. The van der Waals surface area contributed by atoms with Crippen LogP contribution in [-0.2, 0) is 13.6 Å². The van der Waals surface area contributed by atoms with Crippen LogP contribution >= 0.6 is 0 Å². The molecule has 114 valence electrons. The van der Waals surface area contributed by atoms with E-state index < -0.39 is 0 Å². The number of nitrogens with zero attached hydrogens (tertiary/aromatic N) is 2. The molecule has 1 heterocycles. The molecular formula is C16H23N3O2. The zero-order chi connectivity index (χ0) is 15.2. The number of hydrogen-bond donors (Lipinski definition) is 1. The van der Waals surface area contributed by atoms with E-state index in [1.54, 1.807) is 20.4 Å². The molecule has 0 aliphatic carbocycles. The van der Waals surface area contributed by atoms with Crippen molar-refractivity contribution in [2.24, 2.45) is 7.05 Å². The van der Waals surface area contributed by atoms with Gasteiger partial charge in [0.1, 0.15) is 0 Å². The summed E-state index contributed by atoms with van der Waals surface area (Å²) in [5.74, 6) is 1.48. The third-order valence-corrected chi connectivity index (χ3v) is 3.45. The third kappa shape index (κ3) is 3.36. The lowest BCUT2D eigenvalue weighted by molar-refractivity contribution is 0.354. The number of ether oxygens (including phenoxy) is 2. The van der Waals surface area contributed by atoms with Gasteiger partial charge in [-0.05, 0) is 36.7 Å². The molecule has 0 unspecified atom stereocenters. The SMILES string of the molecule is CCCNCc1cc(OC)c(OC)cc1-c1ccnn1C. The topological polar surface area (TPSA) is 48.3 Å². The number of rotatable bonds is 7. The Morgan fingerprint density at radius 1 is 1.19 bits per heavy atom. The Kier molecular flexibility index (Phi) is 5.22.